The summed E-state index contributed by atoms with van der Waals surface area (Å²) in [6.45, 7) is 2.62. The molecular formula is C8H11N3O3. The number of hydrogen-bond donors (Lipinski definition) is 2. The first-order chi connectivity index (χ1) is 6.63. The molecule has 6 nitrogen and oxygen atoms in total. The van der Waals surface area contributed by atoms with Crippen molar-refractivity contribution >= 4 is 11.5 Å². The Balaban J connectivity index is 2.95. The fourth-order valence-electron chi connectivity index (χ4n) is 0.989. The molecule has 1 heterocycles. The Hall–Kier alpha value is -1.85. The van der Waals surface area contributed by atoms with E-state index in [9.17, 15) is 14.9 Å². The SMILES string of the molecule is CCCNc1cc([N+](=O)[O-])cc(=O)[nH]1. The van der Waals surface area contributed by atoms with E-state index in [0.29, 0.717) is 12.4 Å². The Kier molecular flexibility index (Phi) is 3.22. The minimum absolute atomic E-state index is 0.202. The molecule has 0 unspecified atom stereocenters. The van der Waals surface area contributed by atoms with Crippen molar-refractivity contribution < 1.29 is 4.92 Å². The molecule has 0 bridgehead atoms. The lowest BCUT2D eigenvalue weighted by Crippen LogP contribution is -2.11. The largest absolute Gasteiger partial charge is 0.371 e. The number of H-pyrrole nitrogens is 1. The number of hydrogen-bond acceptors (Lipinski definition) is 4. The van der Waals surface area contributed by atoms with E-state index in [1.54, 1.807) is 0 Å². The number of rotatable bonds is 4. The number of nitrogens with one attached hydrogen (secondary N) is 2. The predicted octanol–water partition coefficient (Wildman–Crippen LogP) is 1.10. The third kappa shape index (κ3) is 2.58. The molecule has 0 aliphatic carbocycles. The molecule has 2 N–H and O–H groups in total. The van der Waals surface area contributed by atoms with Crippen LogP contribution in [-0.2, 0) is 0 Å². The summed E-state index contributed by atoms with van der Waals surface area (Å²) in [5.41, 5.74) is -0.676. The summed E-state index contributed by atoms with van der Waals surface area (Å²) in [4.78, 5) is 23.3. The molecule has 0 amide bonds. The molecule has 6 heteroatoms. The van der Waals surface area contributed by atoms with Crippen LogP contribution in [-0.4, -0.2) is 16.5 Å². The normalized spacial score (nSPS) is 9.79. The van der Waals surface area contributed by atoms with Crippen molar-refractivity contribution in [3.8, 4) is 0 Å². The van der Waals surface area contributed by atoms with Gasteiger partial charge in [-0.05, 0) is 6.42 Å². The summed E-state index contributed by atoms with van der Waals surface area (Å²) in [6, 6.07) is 2.26. The topological polar surface area (TPSA) is 88.0 Å². The third-order valence-electron chi connectivity index (χ3n) is 1.61. The van der Waals surface area contributed by atoms with E-state index in [0.717, 1.165) is 12.5 Å². The second kappa shape index (κ2) is 4.40. The summed E-state index contributed by atoms with van der Waals surface area (Å²) >= 11 is 0. The molecule has 14 heavy (non-hydrogen) atoms. The predicted molar refractivity (Wildman–Crippen MR) is 52.5 cm³/mol. The summed E-state index contributed by atoms with van der Waals surface area (Å²) in [5.74, 6) is 0.381. The standard InChI is InChI=1S/C8H11N3O3/c1-2-3-9-7-4-6(11(13)14)5-8(12)10-7/h4-5H,2-3H2,1H3,(H2,9,10,12). The Morgan fingerprint density at radius 1 is 1.57 bits per heavy atom. The van der Waals surface area contributed by atoms with Gasteiger partial charge in [-0.1, -0.05) is 6.92 Å². The van der Waals surface area contributed by atoms with Crippen LogP contribution >= 0.6 is 0 Å². The van der Waals surface area contributed by atoms with Gasteiger partial charge < -0.3 is 10.3 Å². The van der Waals surface area contributed by atoms with Gasteiger partial charge in [0.15, 0.2) is 0 Å². The van der Waals surface area contributed by atoms with E-state index in [1.165, 1.54) is 6.07 Å². The zero-order chi connectivity index (χ0) is 10.6. The van der Waals surface area contributed by atoms with Crippen LogP contribution in [0.1, 0.15) is 13.3 Å². The molecule has 0 aliphatic heterocycles. The smallest absolute Gasteiger partial charge is 0.278 e. The molecular weight excluding hydrogens is 186 g/mol. The lowest BCUT2D eigenvalue weighted by molar-refractivity contribution is -0.384. The van der Waals surface area contributed by atoms with Gasteiger partial charge in [-0.25, -0.2) is 0 Å². The van der Waals surface area contributed by atoms with Crippen LogP contribution in [0.3, 0.4) is 0 Å². The van der Waals surface area contributed by atoms with Gasteiger partial charge in [0.05, 0.1) is 17.1 Å². The van der Waals surface area contributed by atoms with Crippen LogP contribution in [0, 0.1) is 10.1 Å². The van der Waals surface area contributed by atoms with Crippen LogP contribution in [0.15, 0.2) is 16.9 Å². The van der Waals surface area contributed by atoms with E-state index in [2.05, 4.69) is 10.3 Å². The lowest BCUT2D eigenvalue weighted by Gasteiger charge is -2.02. The number of anilines is 1. The Morgan fingerprint density at radius 2 is 2.29 bits per heavy atom. The number of aromatic amines is 1. The average molecular weight is 197 g/mol. The molecule has 0 radical (unpaired) electrons. The van der Waals surface area contributed by atoms with E-state index in [-0.39, 0.29) is 5.69 Å². The molecule has 0 aromatic carbocycles. The van der Waals surface area contributed by atoms with Crippen LogP contribution in [0.5, 0.6) is 0 Å². The van der Waals surface area contributed by atoms with Crippen molar-refractivity contribution in [3.05, 3.63) is 32.6 Å². The number of aromatic nitrogens is 1. The van der Waals surface area contributed by atoms with Crippen molar-refractivity contribution in [2.24, 2.45) is 0 Å². The highest BCUT2D eigenvalue weighted by Crippen LogP contribution is 2.11. The van der Waals surface area contributed by atoms with Gasteiger partial charge >= 0.3 is 0 Å². The molecule has 0 saturated heterocycles. The molecule has 0 spiro atoms. The first kappa shape index (κ1) is 10.2. The molecule has 0 aliphatic rings. The highest BCUT2D eigenvalue weighted by atomic mass is 16.6. The maximum Gasteiger partial charge on any atom is 0.278 e. The number of nitro groups is 1. The maximum absolute atomic E-state index is 11.0. The van der Waals surface area contributed by atoms with Gasteiger partial charge in [0.1, 0.15) is 5.82 Å². The minimum Gasteiger partial charge on any atom is -0.371 e. The molecule has 0 fully saturated rings. The van der Waals surface area contributed by atoms with E-state index in [1.807, 2.05) is 6.92 Å². The van der Waals surface area contributed by atoms with Crippen molar-refractivity contribution in [3.63, 3.8) is 0 Å². The van der Waals surface area contributed by atoms with Crippen LogP contribution in [0.25, 0.3) is 0 Å². The first-order valence-electron chi connectivity index (χ1n) is 4.26. The van der Waals surface area contributed by atoms with E-state index < -0.39 is 10.5 Å². The monoisotopic (exact) mass is 197 g/mol. The van der Waals surface area contributed by atoms with Crippen LogP contribution < -0.4 is 10.9 Å². The number of nitrogens with zero attached hydrogens (tertiary/aromatic N) is 1. The lowest BCUT2D eigenvalue weighted by atomic mass is 10.4. The maximum atomic E-state index is 11.0. The van der Waals surface area contributed by atoms with Crippen LogP contribution in [0.2, 0.25) is 0 Å². The zero-order valence-corrected chi connectivity index (χ0v) is 7.74. The Bertz CT molecular complexity index is 386. The van der Waals surface area contributed by atoms with Gasteiger partial charge in [0.2, 0.25) is 0 Å². The molecule has 1 rings (SSSR count). The summed E-state index contributed by atoms with van der Waals surface area (Å²) < 4.78 is 0. The third-order valence-corrected chi connectivity index (χ3v) is 1.61. The summed E-state index contributed by atoms with van der Waals surface area (Å²) in [7, 11) is 0. The van der Waals surface area contributed by atoms with Gasteiger partial charge in [-0.3, -0.25) is 14.9 Å². The highest BCUT2D eigenvalue weighted by Gasteiger charge is 2.07. The Labute approximate surface area is 80.1 Å². The molecule has 0 atom stereocenters. The number of pyridine rings is 1. The minimum atomic E-state index is -0.591. The fraction of sp³-hybridized carbons (Fsp3) is 0.375. The first-order valence-corrected chi connectivity index (χ1v) is 4.26. The average Bonchev–Trinajstić information content (AvgIpc) is 2.14. The highest BCUT2D eigenvalue weighted by molar-refractivity contribution is 5.43. The van der Waals surface area contributed by atoms with Gasteiger partial charge in [-0.15, -0.1) is 0 Å². The second-order valence-electron chi connectivity index (χ2n) is 2.80. The Morgan fingerprint density at radius 3 is 2.86 bits per heavy atom. The van der Waals surface area contributed by atoms with E-state index in [4.69, 9.17) is 0 Å². The van der Waals surface area contributed by atoms with Gasteiger partial charge in [0, 0.05) is 6.54 Å². The zero-order valence-electron chi connectivity index (χ0n) is 7.74. The molecule has 1 aromatic heterocycles. The fourth-order valence-corrected chi connectivity index (χ4v) is 0.989. The van der Waals surface area contributed by atoms with Crippen molar-refractivity contribution in [1.82, 2.24) is 4.98 Å². The van der Waals surface area contributed by atoms with Gasteiger partial charge in [-0.2, -0.15) is 0 Å². The molecule has 1 aromatic rings. The summed E-state index contributed by atoms with van der Waals surface area (Å²) in [5, 5.41) is 13.3. The quantitative estimate of drug-likeness (QED) is 0.559. The molecule has 0 saturated carbocycles. The van der Waals surface area contributed by atoms with Crippen LogP contribution in [0.4, 0.5) is 11.5 Å². The van der Waals surface area contributed by atoms with Crippen molar-refractivity contribution in [2.75, 3.05) is 11.9 Å². The van der Waals surface area contributed by atoms with Gasteiger partial charge in [0.25, 0.3) is 11.2 Å². The van der Waals surface area contributed by atoms with Crippen molar-refractivity contribution in [2.45, 2.75) is 13.3 Å². The molecule has 76 valence electrons. The van der Waals surface area contributed by atoms with E-state index >= 15 is 0 Å². The summed E-state index contributed by atoms with van der Waals surface area (Å²) in [6.07, 6.45) is 0.880. The second-order valence-corrected chi connectivity index (χ2v) is 2.80. The van der Waals surface area contributed by atoms with Crippen molar-refractivity contribution in [1.29, 1.82) is 0 Å².